The third-order valence-corrected chi connectivity index (χ3v) is 8.84. The first-order valence-electron chi connectivity index (χ1n) is 13.2. The van der Waals surface area contributed by atoms with E-state index < -0.39 is 0 Å². The highest BCUT2D eigenvalue weighted by atomic mass is 32.1. The van der Waals surface area contributed by atoms with Crippen LogP contribution in [0.5, 0.6) is 0 Å². The number of aryl methyl sites for hydroxylation is 2. The van der Waals surface area contributed by atoms with Gasteiger partial charge in [-0.05, 0) is 52.5 Å². The lowest BCUT2D eigenvalue weighted by Crippen LogP contribution is -2.41. The average molecular weight is 497 g/mol. The Balaban J connectivity index is 1.20. The summed E-state index contributed by atoms with van der Waals surface area (Å²) in [5, 5.41) is 4.02. The summed E-state index contributed by atoms with van der Waals surface area (Å²) >= 11 is 1.48. The molecule has 0 atom stereocenters. The van der Waals surface area contributed by atoms with Crippen molar-refractivity contribution in [2.24, 2.45) is 5.92 Å². The lowest BCUT2D eigenvalue weighted by molar-refractivity contribution is -0.122. The molecule has 2 fully saturated rings. The van der Waals surface area contributed by atoms with Crippen LogP contribution in [0.25, 0.3) is 10.6 Å². The Morgan fingerprint density at radius 3 is 2.43 bits per heavy atom. The van der Waals surface area contributed by atoms with Gasteiger partial charge in [0, 0.05) is 44.2 Å². The van der Waals surface area contributed by atoms with Gasteiger partial charge >= 0.3 is 0 Å². The fraction of sp³-hybridized carbons (Fsp3) is 0.607. The van der Waals surface area contributed by atoms with Crippen LogP contribution in [0.1, 0.15) is 72.3 Å². The Hall–Kier alpha value is -2.25. The zero-order valence-electron chi connectivity index (χ0n) is 21.5. The van der Waals surface area contributed by atoms with E-state index in [-0.39, 0.29) is 11.8 Å². The van der Waals surface area contributed by atoms with Crippen molar-refractivity contribution in [3.05, 3.63) is 40.4 Å². The number of amides is 2. The summed E-state index contributed by atoms with van der Waals surface area (Å²) in [6, 6.07) is 8.95. The number of benzene rings is 1. The highest BCUT2D eigenvalue weighted by Gasteiger charge is 2.27. The lowest BCUT2D eigenvalue weighted by Gasteiger charge is -2.32. The molecular weight excluding hydrogens is 456 g/mol. The van der Waals surface area contributed by atoms with Crippen LogP contribution >= 0.6 is 11.3 Å². The third kappa shape index (κ3) is 6.91. The van der Waals surface area contributed by atoms with Crippen LogP contribution in [0, 0.1) is 19.8 Å². The fourth-order valence-corrected chi connectivity index (χ4v) is 6.35. The van der Waals surface area contributed by atoms with Crippen molar-refractivity contribution in [2.75, 3.05) is 33.2 Å². The molecule has 1 N–H and O–H groups in total. The van der Waals surface area contributed by atoms with Crippen molar-refractivity contribution in [3.8, 4) is 10.6 Å². The van der Waals surface area contributed by atoms with Gasteiger partial charge in [0.15, 0.2) is 0 Å². The van der Waals surface area contributed by atoms with Gasteiger partial charge in [-0.15, -0.1) is 11.3 Å². The van der Waals surface area contributed by atoms with Crippen LogP contribution in [0.4, 0.5) is 0 Å². The molecule has 6 nitrogen and oxygen atoms in total. The Morgan fingerprint density at radius 2 is 1.74 bits per heavy atom. The highest BCUT2D eigenvalue weighted by Crippen LogP contribution is 2.30. The van der Waals surface area contributed by atoms with Gasteiger partial charge in [0.1, 0.15) is 9.88 Å². The Bertz CT molecular complexity index is 989. The van der Waals surface area contributed by atoms with Gasteiger partial charge in [-0.25, -0.2) is 4.98 Å². The molecule has 1 aliphatic heterocycles. The number of thiazole rings is 1. The number of carbonyl (C=O) groups excluding carboxylic acids is 2. The number of hydrogen-bond donors (Lipinski definition) is 1. The van der Waals surface area contributed by atoms with E-state index in [4.69, 9.17) is 0 Å². The molecule has 2 amide bonds. The van der Waals surface area contributed by atoms with E-state index in [9.17, 15) is 9.59 Å². The van der Waals surface area contributed by atoms with Crippen LogP contribution in [0.15, 0.2) is 24.3 Å². The molecule has 2 heterocycles. The van der Waals surface area contributed by atoms with Gasteiger partial charge in [0.05, 0.1) is 5.69 Å². The highest BCUT2D eigenvalue weighted by molar-refractivity contribution is 7.17. The molecule has 1 aliphatic carbocycles. The van der Waals surface area contributed by atoms with Crippen molar-refractivity contribution in [2.45, 2.75) is 71.3 Å². The fourth-order valence-electron chi connectivity index (χ4n) is 5.31. The molecule has 7 heteroatoms. The lowest BCUT2D eigenvalue weighted by atomic mass is 9.93. The van der Waals surface area contributed by atoms with E-state index >= 15 is 0 Å². The summed E-state index contributed by atoms with van der Waals surface area (Å²) in [4.78, 5) is 35.4. The second-order valence-electron chi connectivity index (χ2n) is 10.4. The number of likely N-dealkylation sites (N-methyl/N-ethyl adjacent to an activating group) is 1. The molecule has 2 aromatic rings. The molecule has 0 radical (unpaired) electrons. The van der Waals surface area contributed by atoms with E-state index in [1.54, 1.807) is 0 Å². The van der Waals surface area contributed by atoms with Crippen molar-refractivity contribution < 1.29 is 9.59 Å². The molecule has 0 spiro atoms. The van der Waals surface area contributed by atoms with Crippen molar-refractivity contribution in [1.82, 2.24) is 20.1 Å². The van der Waals surface area contributed by atoms with Gasteiger partial charge < -0.3 is 15.1 Å². The number of nitrogens with one attached hydrogen (secondary N) is 1. The Labute approximate surface area is 214 Å². The number of piperidine rings is 1. The maximum absolute atomic E-state index is 13.2. The van der Waals surface area contributed by atoms with E-state index in [1.807, 2.05) is 11.8 Å². The molecule has 2 aliphatic rings. The van der Waals surface area contributed by atoms with Crippen molar-refractivity contribution in [3.63, 3.8) is 0 Å². The first-order valence-corrected chi connectivity index (χ1v) is 14.0. The molecule has 1 aromatic carbocycles. The van der Waals surface area contributed by atoms with Crippen molar-refractivity contribution >= 4 is 23.2 Å². The SMILES string of the molecule is Cc1ccc(-c2nc(C)c(C(=O)N3CCC(CC(=O)NCCN(C)C4CCCCC4)CC3)s2)cc1. The maximum Gasteiger partial charge on any atom is 0.265 e. The summed E-state index contributed by atoms with van der Waals surface area (Å²) in [6.45, 7) is 7.04. The summed E-state index contributed by atoms with van der Waals surface area (Å²) in [5.74, 6) is 0.570. The van der Waals surface area contributed by atoms with Gasteiger partial charge in [0.25, 0.3) is 5.91 Å². The molecule has 190 valence electrons. The summed E-state index contributed by atoms with van der Waals surface area (Å²) in [6.07, 6.45) is 8.92. The molecule has 0 bridgehead atoms. The van der Waals surface area contributed by atoms with Gasteiger partial charge in [0.2, 0.25) is 5.91 Å². The van der Waals surface area contributed by atoms with Crippen LogP contribution in [-0.2, 0) is 4.79 Å². The standard InChI is InChI=1S/C28H40N4O2S/c1-20-9-11-23(12-10-20)27-30-21(2)26(35-27)28(34)32-16-13-22(14-17-32)19-25(33)29-15-18-31(3)24-7-5-4-6-8-24/h9-12,22,24H,4-8,13-19H2,1-3H3,(H,29,33). The number of rotatable bonds is 8. The second-order valence-corrected chi connectivity index (χ2v) is 11.4. The maximum atomic E-state index is 13.2. The van der Waals surface area contributed by atoms with Crippen LogP contribution in [0.2, 0.25) is 0 Å². The predicted octanol–water partition coefficient (Wildman–Crippen LogP) is 5.05. The van der Waals surface area contributed by atoms with Crippen LogP contribution < -0.4 is 5.32 Å². The molecule has 1 aromatic heterocycles. The quantitative estimate of drug-likeness (QED) is 0.555. The summed E-state index contributed by atoms with van der Waals surface area (Å²) in [5.41, 5.74) is 3.06. The zero-order chi connectivity index (χ0) is 24.8. The number of nitrogens with zero attached hydrogens (tertiary/aromatic N) is 3. The van der Waals surface area contributed by atoms with E-state index in [2.05, 4.69) is 53.4 Å². The molecule has 0 unspecified atom stereocenters. The predicted molar refractivity (Wildman–Crippen MR) is 143 cm³/mol. The minimum atomic E-state index is 0.0759. The van der Waals surface area contributed by atoms with Crippen LogP contribution in [-0.4, -0.2) is 65.9 Å². The van der Waals surface area contributed by atoms with Crippen molar-refractivity contribution in [1.29, 1.82) is 0 Å². The Kier molecular flexibility index (Phi) is 8.95. The largest absolute Gasteiger partial charge is 0.355 e. The van der Waals surface area contributed by atoms with E-state index in [0.29, 0.717) is 31.5 Å². The zero-order valence-corrected chi connectivity index (χ0v) is 22.3. The Morgan fingerprint density at radius 1 is 1.06 bits per heavy atom. The minimum Gasteiger partial charge on any atom is -0.355 e. The smallest absolute Gasteiger partial charge is 0.265 e. The molecular formula is C28H40N4O2S. The average Bonchev–Trinajstić information content (AvgIpc) is 3.26. The number of likely N-dealkylation sites (tertiary alicyclic amines) is 1. The van der Waals surface area contributed by atoms with Gasteiger partial charge in [-0.1, -0.05) is 49.1 Å². The molecule has 1 saturated carbocycles. The molecule has 1 saturated heterocycles. The molecule has 4 rings (SSSR count). The van der Waals surface area contributed by atoms with Crippen LogP contribution in [0.3, 0.4) is 0 Å². The first-order chi connectivity index (χ1) is 16.9. The number of aromatic nitrogens is 1. The topological polar surface area (TPSA) is 65.5 Å². The third-order valence-electron chi connectivity index (χ3n) is 7.65. The summed E-state index contributed by atoms with van der Waals surface area (Å²) in [7, 11) is 2.18. The number of carbonyl (C=O) groups is 2. The van der Waals surface area contributed by atoms with E-state index in [1.165, 1.54) is 49.0 Å². The van der Waals surface area contributed by atoms with Gasteiger partial charge in [-0.2, -0.15) is 0 Å². The van der Waals surface area contributed by atoms with E-state index in [0.717, 1.165) is 47.1 Å². The number of hydrogen-bond acceptors (Lipinski definition) is 5. The summed E-state index contributed by atoms with van der Waals surface area (Å²) < 4.78 is 0. The first kappa shape index (κ1) is 25.8. The normalized spacial score (nSPS) is 17.7. The monoisotopic (exact) mass is 496 g/mol. The second kappa shape index (κ2) is 12.1. The molecule has 35 heavy (non-hydrogen) atoms. The minimum absolute atomic E-state index is 0.0759. The van der Waals surface area contributed by atoms with Gasteiger partial charge in [-0.3, -0.25) is 9.59 Å².